The second-order valence-corrected chi connectivity index (χ2v) is 5.92. The lowest BCUT2D eigenvalue weighted by atomic mass is 10.0. The molecule has 1 saturated heterocycles. The molecule has 23 heavy (non-hydrogen) atoms. The van der Waals surface area contributed by atoms with Crippen molar-refractivity contribution < 1.29 is 9.53 Å². The van der Waals surface area contributed by atoms with Crippen LogP contribution in [-0.4, -0.2) is 35.1 Å². The van der Waals surface area contributed by atoms with E-state index in [2.05, 4.69) is 15.7 Å². The number of nitrogens with zero attached hydrogens (tertiary/aromatic N) is 2. The molecule has 0 unspecified atom stereocenters. The highest BCUT2D eigenvalue weighted by molar-refractivity contribution is 5.89. The first kappa shape index (κ1) is 15.6. The summed E-state index contributed by atoms with van der Waals surface area (Å²) in [6, 6.07) is 9.97. The first-order valence-corrected chi connectivity index (χ1v) is 7.92. The highest BCUT2D eigenvalue weighted by Crippen LogP contribution is 2.16. The van der Waals surface area contributed by atoms with Crippen molar-refractivity contribution in [2.75, 3.05) is 18.5 Å². The predicted octanol–water partition coefficient (Wildman–Crippen LogP) is 2.48. The standard InChI is InChI=1S/C17H22N4O2/c1-13(15-7-8-23-12-15)19-17(22)20-16-9-18-21(11-16)10-14-5-3-2-4-6-14/h2-6,9,11,13,15H,7-8,10,12H2,1H3,(H2,19,20,22)/t13-,15+/m0/s1. The summed E-state index contributed by atoms with van der Waals surface area (Å²) in [6.45, 7) is 4.19. The number of ether oxygens (including phenoxy) is 1. The molecule has 0 saturated carbocycles. The molecule has 2 N–H and O–H groups in total. The predicted molar refractivity (Wildman–Crippen MR) is 88.3 cm³/mol. The SMILES string of the molecule is C[C@H](NC(=O)Nc1cnn(Cc2ccccc2)c1)[C@@H]1CCOC1. The maximum atomic E-state index is 12.0. The number of rotatable bonds is 5. The van der Waals surface area contributed by atoms with Crippen LogP contribution in [0.1, 0.15) is 18.9 Å². The van der Waals surface area contributed by atoms with Gasteiger partial charge in [-0.05, 0) is 18.9 Å². The van der Waals surface area contributed by atoms with Crippen LogP contribution in [0.2, 0.25) is 0 Å². The fraction of sp³-hybridized carbons (Fsp3) is 0.412. The fourth-order valence-electron chi connectivity index (χ4n) is 2.72. The number of hydrogen-bond donors (Lipinski definition) is 2. The van der Waals surface area contributed by atoms with E-state index in [-0.39, 0.29) is 12.1 Å². The number of carbonyl (C=O) groups excluding carboxylic acids is 1. The van der Waals surface area contributed by atoms with E-state index in [1.807, 2.05) is 43.5 Å². The minimum absolute atomic E-state index is 0.0943. The third kappa shape index (κ3) is 4.32. The zero-order valence-electron chi connectivity index (χ0n) is 13.2. The lowest BCUT2D eigenvalue weighted by molar-refractivity contribution is 0.178. The van der Waals surface area contributed by atoms with Crippen LogP contribution in [-0.2, 0) is 11.3 Å². The molecule has 1 aromatic heterocycles. The van der Waals surface area contributed by atoms with E-state index >= 15 is 0 Å². The summed E-state index contributed by atoms with van der Waals surface area (Å²) >= 11 is 0. The van der Waals surface area contributed by atoms with Crippen LogP contribution in [0.3, 0.4) is 0 Å². The van der Waals surface area contributed by atoms with Crippen LogP contribution < -0.4 is 10.6 Å². The van der Waals surface area contributed by atoms with Gasteiger partial charge in [0.15, 0.2) is 0 Å². The lowest BCUT2D eigenvalue weighted by Gasteiger charge is -2.19. The first-order valence-electron chi connectivity index (χ1n) is 7.92. The van der Waals surface area contributed by atoms with Gasteiger partial charge in [0.1, 0.15) is 0 Å². The molecule has 0 radical (unpaired) electrons. The van der Waals surface area contributed by atoms with Gasteiger partial charge in [-0.2, -0.15) is 5.10 Å². The van der Waals surface area contributed by atoms with Crippen LogP contribution in [0.4, 0.5) is 10.5 Å². The molecule has 2 amide bonds. The van der Waals surface area contributed by atoms with E-state index in [4.69, 9.17) is 4.74 Å². The average Bonchev–Trinajstić information content (AvgIpc) is 3.20. The van der Waals surface area contributed by atoms with Crippen LogP contribution in [0.25, 0.3) is 0 Å². The Kier molecular flexibility index (Phi) is 4.92. The maximum Gasteiger partial charge on any atom is 0.319 e. The van der Waals surface area contributed by atoms with E-state index in [0.717, 1.165) is 19.6 Å². The van der Waals surface area contributed by atoms with Crippen LogP contribution in [0.5, 0.6) is 0 Å². The number of urea groups is 1. The molecule has 2 atom stereocenters. The van der Waals surface area contributed by atoms with Gasteiger partial charge in [-0.25, -0.2) is 4.79 Å². The first-order chi connectivity index (χ1) is 11.2. The highest BCUT2D eigenvalue weighted by Gasteiger charge is 2.23. The van der Waals surface area contributed by atoms with Crippen molar-refractivity contribution >= 4 is 11.7 Å². The molecule has 2 aromatic rings. The smallest absolute Gasteiger partial charge is 0.319 e. The molecule has 122 valence electrons. The quantitative estimate of drug-likeness (QED) is 0.891. The van der Waals surface area contributed by atoms with E-state index in [1.54, 1.807) is 10.9 Å². The zero-order chi connectivity index (χ0) is 16.1. The van der Waals surface area contributed by atoms with Crippen LogP contribution in [0.15, 0.2) is 42.7 Å². The Balaban J connectivity index is 1.51. The number of nitrogens with one attached hydrogen (secondary N) is 2. The largest absolute Gasteiger partial charge is 0.381 e. The van der Waals surface area contributed by atoms with E-state index in [0.29, 0.717) is 18.2 Å². The zero-order valence-corrected chi connectivity index (χ0v) is 13.2. The topological polar surface area (TPSA) is 68.2 Å². The maximum absolute atomic E-state index is 12.0. The number of carbonyl (C=O) groups is 1. The Morgan fingerprint density at radius 2 is 2.26 bits per heavy atom. The number of hydrogen-bond acceptors (Lipinski definition) is 3. The second-order valence-electron chi connectivity index (χ2n) is 5.92. The van der Waals surface area contributed by atoms with E-state index in [9.17, 15) is 4.79 Å². The third-order valence-electron chi connectivity index (χ3n) is 4.11. The van der Waals surface area contributed by atoms with Crippen molar-refractivity contribution in [1.82, 2.24) is 15.1 Å². The summed E-state index contributed by atoms with van der Waals surface area (Å²) in [5.74, 6) is 0.390. The van der Waals surface area contributed by atoms with Gasteiger partial charge in [-0.1, -0.05) is 30.3 Å². The Labute approximate surface area is 135 Å². The number of benzene rings is 1. The summed E-state index contributed by atoms with van der Waals surface area (Å²) in [6.07, 6.45) is 4.48. The molecule has 1 aliphatic rings. The van der Waals surface area contributed by atoms with Gasteiger partial charge in [0, 0.05) is 24.8 Å². The van der Waals surface area contributed by atoms with Gasteiger partial charge in [-0.15, -0.1) is 0 Å². The molecule has 1 aliphatic heterocycles. The molecule has 1 aromatic carbocycles. The van der Waals surface area contributed by atoms with Crippen molar-refractivity contribution in [3.8, 4) is 0 Å². The molecule has 0 spiro atoms. The Morgan fingerprint density at radius 3 is 3.00 bits per heavy atom. The van der Waals surface area contributed by atoms with E-state index in [1.165, 1.54) is 5.56 Å². The average molecular weight is 314 g/mol. The molecule has 0 aliphatic carbocycles. The van der Waals surface area contributed by atoms with Crippen LogP contribution in [0, 0.1) is 5.92 Å². The summed E-state index contributed by atoms with van der Waals surface area (Å²) in [4.78, 5) is 12.0. The van der Waals surface area contributed by atoms with Gasteiger partial charge in [0.25, 0.3) is 0 Å². The van der Waals surface area contributed by atoms with Gasteiger partial charge in [-0.3, -0.25) is 4.68 Å². The molecule has 0 bridgehead atoms. The third-order valence-corrected chi connectivity index (χ3v) is 4.11. The van der Waals surface area contributed by atoms with E-state index < -0.39 is 0 Å². The van der Waals surface area contributed by atoms with Crippen molar-refractivity contribution in [1.29, 1.82) is 0 Å². The minimum atomic E-state index is -0.205. The van der Waals surface area contributed by atoms with Crippen molar-refractivity contribution in [3.63, 3.8) is 0 Å². The molecule has 6 nitrogen and oxygen atoms in total. The van der Waals surface area contributed by atoms with Gasteiger partial charge >= 0.3 is 6.03 Å². The molecule has 6 heteroatoms. The van der Waals surface area contributed by atoms with Crippen LogP contribution >= 0.6 is 0 Å². The summed E-state index contributed by atoms with van der Waals surface area (Å²) in [5.41, 5.74) is 1.86. The normalized spacial score (nSPS) is 18.6. The van der Waals surface area contributed by atoms with Gasteiger partial charge in [0.2, 0.25) is 0 Å². The highest BCUT2D eigenvalue weighted by atomic mass is 16.5. The summed E-state index contributed by atoms with van der Waals surface area (Å²) < 4.78 is 7.16. The fourth-order valence-corrected chi connectivity index (χ4v) is 2.72. The molecular formula is C17H22N4O2. The summed E-state index contributed by atoms with van der Waals surface area (Å²) in [5, 5.41) is 10.1. The number of anilines is 1. The van der Waals surface area contributed by atoms with Crippen molar-refractivity contribution in [2.45, 2.75) is 25.9 Å². The lowest BCUT2D eigenvalue weighted by Crippen LogP contribution is -2.40. The molecule has 3 rings (SSSR count). The Bertz CT molecular complexity index is 635. The number of aromatic nitrogens is 2. The van der Waals surface area contributed by atoms with Crippen molar-refractivity contribution in [3.05, 3.63) is 48.3 Å². The van der Waals surface area contributed by atoms with Gasteiger partial charge < -0.3 is 15.4 Å². The Hall–Kier alpha value is -2.34. The van der Waals surface area contributed by atoms with Gasteiger partial charge in [0.05, 0.1) is 25.0 Å². The van der Waals surface area contributed by atoms with Crippen molar-refractivity contribution in [2.24, 2.45) is 5.92 Å². The minimum Gasteiger partial charge on any atom is -0.381 e. The molecule has 2 heterocycles. The Morgan fingerprint density at radius 1 is 1.43 bits per heavy atom. The molecular weight excluding hydrogens is 292 g/mol. The molecule has 1 fully saturated rings. The summed E-state index contributed by atoms with van der Waals surface area (Å²) in [7, 11) is 0. The second kappa shape index (κ2) is 7.28. The monoisotopic (exact) mass is 314 g/mol. The number of amides is 2.